The molecule has 0 amide bonds. The van der Waals surface area contributed by atoms with E-state index in [0.717, 1.165) is 39.0 Å². The van der Waals surface area contributed by atoms with E-state index in [1.165, 1.54) is 43.3 Å². The molecular weight excluding hydrogens is 370 g/mol. The van der Waals surface area contributed by atoms with Crippen molar-refractivity contribution >= 4 is 10.0 Å². The molecule has 1 aromatic carbocycles. The van der Waals surface area contributed by atoms with Crippen LogP contribution in [0.3, 0.4) is 0 Å². The van der Waals surface area contributed by atoms with Crippen LogP contribution in [0.15, 0.2) is 24.3 Å². The van der Waals surface area contributed by atoms with Crippen molar-refractivity contribution in [2.75, 3.05) is 45.5 Å². The number of likely N-dealkylation sites (tertiary alicyclic amines) is 2. The molecule has 0 bridgehead atoms. The van der Waals surface area contributed by atoms with Crippen LogP contribution in [-0.2, 0) is 16.6 Å². The number of benzene rings is 1. The molecule has 2 aliphatic rings. The molecule has 158 valence electrons. The summed E-state index contributed by atoms with van der Waals surface area (Å²) in [5, 5.41) is 0. The summed E-state index contributed by atoms with van der Waals surface area (Å²) in [6.07, 6.45) is 5.80. The SMILES string of the molecule is CC(C)c1ccc(CN2CCC(N(CCCN3CCCC3)S(C)(=O)=O)C2)cc1. The molecule has 1 unspecified atom stereocenters. The van der Waals surface area contributed by atoms with Crippen molar-refractivity contribution in [3.05, 3.63) is 35.4 Å². The molecule has 0 spiro atoms. The van der Waals surface area contributed by atoms with Crippen LogP contribution in [0.25, 0.3) is 0 Å². The first-order valence-electron chi connectivity index (χ1n) is 10.8. The Hall–Kier alpha value is -0.950. The molecule has 0 saturated carbocycles. The molecule has 0 aliphatic carbocycles. The van der Waals surface area contributed by atoms with E-state index in [-0.39, 0.29) is 6.04 Å². The van der Waals surface area contributed by atoms with Gasteiger partial charge in [0.05, 0.1) is 6.26 Å². The van der Waals surface area contributed by atoms with E-state index in [1.807, 2.05) is 0 Å². The van der Waals surface area contributed by atoms with Gasteiger partial charge >= 0.3 is 0 Å². The minimum atomic E-state index is -3.17. The van der Waals surface area contributed by atoms with Crippen molar-refractivity contribution in [3.8, 4) is 0 Å². The summed E-state index contributed by atoms with van der Waals surface area (Å²) in [6, 6.07) is 8.98. The number of nitrogens with zero attached hydrogens (tertiary/aromatic N) is 3. The topological polar surface area (TPSA) is 43.9 Å². The Morgan fingerprint density at radius 1 is 1.07 bits per heavy atom. The zero-order valence-corrected chi connectivity index (χ0v) is 18.6. The van der Waals surface area contributed by atoms with Gasteiger partial charge in [0.2, 0.25) is 10.0 Å². The Kier molecular flexibility index (Phi) is 7.54. The lowest BCUT2D eigenvalue weighted by Crippen LogP contribution is -2.42. The first kappa shape index (κ1) is 21.8. The smallest absolute Gasteiger partial charge is 0.211 e. The Labute approximate surface area is 171 Å². The molecule has 2 heterocycles. The highest BCUT2D eigenvalue weighted by Gasteiger charge is 2.32. The maximum absolute atomic E-state index is 12.4. The minimum Gasteiger partial charge on any atom is -0.303 e. The van der Waals surface area contributed by atoms with Gasteiger partial charge in [-0.15, -0.1) is 0 Å². The highest BCUT2D eigenvalue weighted by atomic mass is 32.2. The van der Waals surface area contributed by atoms with Gasteiger partial charge in [-0.3, -0.25) is 4.90 Å². The van der Waals surface area contributed by atoms with E-state index in [0.29, 0.717) is 12.5 Å². The lowest BCUT2D eigenvalue weighted by Gasteiger charge is -2.27. The molecule has 2 fully saturated rings. The van der Waals surface area contributed by atoms with Gasteiger partial charge < -0.3 is 4.90 Å². The quantitative estimate of drug-likeness (QED) is 0.631. The van der Waals surface area contributed by atoms with Crippen molar-refractivity contribution in [2.45, 2.75) is 58.0 Å². The average molecular weight is 408 g/mol. The molecule has 1 atom stereocenters. The van der Waals surface area contributed by atoms with Gasteiger partial charge in [0.1, 0.15) is 0 Å². The van der Waals surface area contributed by atoms with Crippen molar-refractivity contribution in [1.29, 1.82) is 0 Å². The highest BCUT2D eigenvalue weighted by Crippen LogP contribution is 2.22. The van der Waals surface area contributed by atoms with Crippen LogP contribution < -0.4 is 0 Å². The van der Waals surface area contributed by atoms with Crippen molar-refractivity contribution in [3.63, 3.8) is 0 Å². The summed E-state index contributed by atoms with van der Waals surface area (Å²) in [7, 11) is -3.17. The third kappa shape index (κ3) is 6.02. The second kappa shape index (κ2) is 9.70. The van der Waals surface area contributed by atoms with E-state index in [9.17, 15) is 8.42 Å². The summed E-state index contributed by atoms with van der Waals surface area (Å²) in [4.78, 5) is 4.86. The van der Waals surface area contributed by atoms with E-state index in [1.54, 1.807) is 4.31 Å². The Balaban J connectivity index is 1.52. The molecule has 1 aromatic rings. The fourth-order valence-corrected chi connectivity index (χ4v) is 5.71. The maximum Gasteiger partial charge on any atom is 0.211 e. The monoisotopic (exact) mass is 407 g/mol. The lowest BCUT2D eigenvalue weighted by molar-refractivity contribution is 0.263. The van der Waals surface area contributed by atoms with Gasteiger partial charge in [0.25, 0.3) is 0 Å². The van der Waals surface area contributed by atoms with E-state index < -0.39 is 10.0 Å². The van der Waals surface area contributed by atoms with E-state index in [2.05, 4.69) is 47.9 Å². The number of sulfonamides is 1. The van der Waals surface area contributed by atoms with Gasteiger partial charge in [-0.2, -0.15) is 4.31 Å². The minimum absolute atomic E-state index is 0.114. The van der Waals surface area contributed by atoms with Crippen LogP contribution in [0.1, 0.15) is 56.6 Å². The maximum atomic E-state index is 12.4. The first-order valence-corrected chi connectivity index (χ1v) is 12.7. The van der Waals surface area contributed by atoms with Gasteiger partial charge in [0.15, 0.2) is 0 Å². The van der Waals surface area contributed by atoms with Crippen LogP contribution in [-0.4, -0.2) is 74.1 Å². The molecule has 0 N–H and O–H groups in total. The second-order valence-electron chi connectivity index (χ2n) is 8.85. The molecule has 6 heteroatoms. The third-order valence-electron chi connectivity index (χ3n) is 6.18. The Bertz CT molecular complexity index is 712. The van der Waals surface area contributed by atoms with Crippen LogP contribution >= 0.6 is 0 Å². The van der Waals surface area contributed by atoms with Crippen molar-refractivity contribution in [2.24, 2.45) is 0 Å². The van der Waals surface area contributed by atoms with Gasteiger partial charge in [-0.1, -0.05) is 38.1 Å². The zero-order chi connectivity index (χ0) is 20.1. The van der Waals surface area contributed by atoms with Gasteiger partial charge in [-0.25, -0.2) is 8.42 Å². The summed E-state index contributed by atoms with van der Waals surface area (Å²) < 4.78 is 26.6. The number of hydrogen-bond donors (Lipinski definition) is 0. The van der Waals surface area contributed by atoms with Crippen LogP contribution in [0.4, 0.5) is 0 Å². The summed E-state index contributed by atoms with van der Waals surface area (Å²) >= 11 is 0. The molecule has 0 aromatic heterocycles. The fourth-order valence-electron chi connectivity index (χ4n) is 4.53. The fraction of sp³-hybridized carbons (Fsp3) is 0.727. The molecule has 5 nitrogen and oxygen atoms in total. The first-order chi connectivity index (χ1) is 13.3. The predicted octanol–water partition coefficient (Wildman–Crippen LogP) is 3.13. The second-order valence-corrected chi connectivity index (χ2v) is 10.8. The van der Waals surface area contributed by atoms with Crippen LogP contribution in [0, 0.1) is 0 Å². The van der Waals surface area contributed by atoms with Crippen molar-refractivity contribution < 1.29 is 8.42 Å². The normalized spacial score (nSPS) is 22.0. The molecular formula is C22H37N3O2S. The van der Waals surface area contributed by atoms with Gasteiger partial charge in [0, 0.05) is 32.2 Å². The average Bonchev–Trinajstić information content (AvgIpc) is 3.30. The van der Waals surface area contributed by atoms with Gasteiger partial charge in [-0.05, 0) is 62.4 Å². The lowest BCUT2D eigenvalue weighted by atomic mass is 10.0. The highest BCUT2D eigenvalue weighted by molar-refractivity contribution is 7.88. The molecule has 2 saturated heterocycles. The van der Waals surface area contributed by atoms with Crippen LogP contribution in [0.5, 0.6) is 0 Å². The zero-order valence-electron chi connectivity index (χ0n) is 17.8. The summed E-state index contributed by atoms with van der Waals surface area (Å²) in [6.45, 7) is 11.1. The van der Waals surface area contributed by atoms with Crippen LogP contribution in [0.2, 0.25) is 0 Å². The molecule has 28 heavy (non-hydrogen) atoms. The number of rotatable bonds is 9. The third-order valence-corrected chi connectivity index (χ3v) is 7.52. The predicted molar refractivity (Wildman–Crippen MR) is 116 cm³/mol. The van der Waals surface area contributed by atoms with Crippen molar-refractivity contribution in [1.82, 2.24) is 14.1 Å². The van der Waals surface area contributed by atoms with E-state index >= 15 is 0 Å². The largest absolute Gasteiger partial charge is 0.303 e. The molecule has 2 aliphatic heterocycles. The Morgan fingerprint density at radius 3 is 2.36 bits per heavy atom. The molecule has 3 rings (SSSR count). The Morgan fingerprint density at radius 2 is 1.75 bits per heavy atom. The number of hydrogen-bond acceptors (Lipinski definition) is 4. The summed E-state index contributed by atoms with van der Waals surface area (Å²) in [5.74, 6) is 0.550. The molecule has 0 radical (unpaired) electrons. The standard InChI is InChI=1S/C22H37N3O2S/c1-19(2)21-9-7-20(8-10-21)17-24-16-11-22(18-24)25(28(3,26)27)15-6-14-23-12-4-5-13-23/h7-10,19,22H,4-6,11-18H2,1-3H3. The summed E-state index contributed by atoms with van der Waals surface area (Å²) in [5.41, 5.74) is 2.68. The van der Waals surface area contributed by atoms with E-state index in [4.69, 9.17) is 0 Å².